The third-order valence-corrected chi connectivity index (χ3v) is 7.68. The summed E-state index contributed by atoms with van der Waals surface area (Å²) in [4.78, 5) is 5.63. The smallest absolute Gasteiger partial charge is 0.244 e. The fourth-order valence-corrected chi connectivity index (χ4v) is 6.21. The van der Waals surface area contributed by atoms with E-state index in [0.29, 0.717) is 31.4 Å². The molecule has 9 heteroatoms. The first-order valence-electron chi connectivity index (χ1n) is 10.1. The van der Waals surface area contributed by atoms with Gasteiger partial charge in [0.1, 0.15) is 10.6 Å². The van der Waals surface area contributed by atoms with Crippen LogP contribution in [0.4, 0.5) is 5.13 Å². The molecule has 0 atom stereocenters. The lowest BCUT2D eigenvalue weighted by Gasteiger charge is -2.26. The van der Waals surface area contributed by atoms with Crippen LogP contribution in [0.2, 0.25) is 0 Å². The summed E-state index contributed by atoms with van der Waals surface area (Å²) in [6.07, 6.45) is 2.12. The number of thiazole rings is 1. The van der Waals surface area contributed by atoms with E-state index < -0.39 is 10.0 Å². The minimum atomic E-state index is -3.77. The first kappa shape index (κ1) is 23.0. The molecule has 0 spiro atoms. The SMILES string of the molecule is COc1ccc(-c2sc(NC(C)(C)C)nc2C)cc1S(=O)(=O)NC1CCC(O)CC1. The lowest BCUT2D eigenvalue weighted by atomic mass is 9.94. The second-order valence-corrected chi connectivity index (χ2v) is 11.5. The number of ether oxygens (including phenoxy) is 1. The van der Waals surface area contributed by atoms with Crippen molar-refractivity contribution in [3.05, 3.63) is 23.9 Å². The molecule has 3 N–H and O–H groups in total. The molecule has 1 heterocycles. The van der Waals surface area contributed by atoms with Crippen molar-refractivity contribution in [2.45, 2.75) is 76.0 Å². The monoisotopic (exact) mass is 453 g/mol. The molecular weight excluding hydrogens is 422 g/mol. The van der Waals surface area contributed by atoms with Crippen molar-refractivity contribution in [2.75, 3.05) is 12.4 Å². The zero-order chi connectivity index (χ0) is 22.1. The van der Waals surface area contributed by atoms with Gasteiger partial charge in [0.15, 0.2) is 5.13 Å². The summed E-state index contributed by atoms with van der Waals surface area (Å²) in [6, 6.07) is 5.01. The number of benzene rings is 1. The van der Waals surface area contributed by atoms with Crippen LogP contribution in [0.1, 0.15) is 52.1 Å². The second-order valence-electron chi connectivity index (χ2n) is 8.80. The van der Waals surface area contributed by atoms with E-state index in [1.165, 1.54) is 18.4 Å². The zero-order valence-corrected chi connectivity index (χ0v) is 19.8. The molecule has 2 aromatic rings. The molecule has 0 saturated heterocycles. The lowest BCUT2D eigenvalue weighted by molar-refractivity contribution is 0.120. The fraction of sp³-hybridized carbons (Fsp3) is 0.571. The number of hydrogen-bond acceptors (Lipinski definition) is 7. The van der Waals surface area contributed by atoms with E-state index in [9.17, 15) is 13.5 Å². The van der Waals surface area contributed by atoms with Gasteiger partial charge in [-0.25, -0.2) is 18.1 Å². The summed E-state index contributed by atoms with van der Waals surface area (Å²) >= 11 is 1.50. The number of nitrogens with one attached hydrogen (secondary N) is 2. The minimum Gasteiger partial charge on any atom is -0.495 e. The number of aryl methyl sites for hydroxylation is 1. The van der Waals surface area contributed by atoms with E-state index in [-0.39, 0.29) is 22.6 Å². The van der Waals surface area contributed by atoms with Gasteiger partial charge in [-0.05, 0) is 77.1 Å². The van der Waals surface area contributed by atoms with Crippen molar-refractivity contribution < 1.29 is 18.3 Å². The number of rotatable bonds is 6. The van der Waals surface area contributed by atoms with Gasteiger partial charge in [-0.2, -0.15) is 0 Å². The van der Waals surface area contributed by atoms with E-state index >= 15 is 0 Å². The van der Waals surface area contributed by atoms with E-state index in [0.717, 1.165) is 21.3 Å². The van der Waals surface area contributed by atoms with Gasteiger partial charge in [0, 0.05) is 11.6 Å². The van der Waals surface area contributed by atoms with Gasteiger partial charge in [0.05, 0.1) is 23.8 Å². The molecule has 3 rings (SSSR count). The van der Waals surface area contributed by atoms with Crippen LogP contribution in [-0.2, 0) is 10.0 Å². The molecule has 0 bridgehead atoms. The molecule has 1 aliphatic carbocycles. The highest BCUT2D eigenvalue weighted by atomic mass is 32.2. The highest BCUT2D eigenvalue weighted by Gasteiger charge is 2.28. The topological polar surface area (TPSA) is 101 Å². The standard InChI is InChI=1S/C21H31N3O4S2/c1-13-19(29-20(22-13)23-21(2,3)4)14-6-11-17(28-5)18(12-14)30(26,27)24-15-7-9-16(25)10-8-15/h6,11-12,15-16,24-25H,7-10H2,1-5H3,(H,22,23). The Balaban J connectivity index is 1.92. The third-order valence-electron chi connectivity index (χ3n) is 5.01. The van der Waals surface area contributed by atoms with Crippen molar-refractivity contribution in [3.63, 3.8) is 0 Å². The summed E-state index contributed by atoms with van der Waals surface area (Å²) in [5, 5.41) is 13.8. The minimum absolute atomic E-state index is 0.117. The van der Waals surface area contributed by atoms with Gasteiger partial charge in [-0.3, -0.25) is 0 Å². The summed E-state index contributed by atoms with van der Waals surface area (Å²) in [7, 11) is -2.31. The Hall–Kier alpha value is -1.68. The van der Waals surface area contributed by atoms with Crippen molar-refractivity contribution in [1.82, 2.24) is 9.71 Å². The number of aromatic nitrogens is 1. The summed E-state index contributed by atoms with van der Waals surface area (Å²) < 4.78 is 34.4. The first-order chi connectivity index (χ1) is 14.0. The molecule has 0 unspecified atom stereocenters. The average Bonchev–Trinajstić information content (AvgIpc) is 3.01. The van der Waals surface area contributed by atoms with Crippen molar-refractivity contribution in [1.29, 1.82) is 0 Å². The molecule has 30 heavy (non-hydrogen) atoms. The largest absolute Gasteiger partial charge is 0.495 e. The molecule has 1 fully saturated rings. The Morgan fingerprint density at radius 3 is 2.47 bits per heavy atom. The van der Waals surface area contributed by atoms with Gasteiger partial charge in [-0.1, -0.05) is 11.3 Å². The van der Waals surface area contributed by atoms with Gasteiger partial charge in [0.25, 0.3) is 0 Å². The summed E-state index contributed by atoms with van der Waals surface area (Å²) in [6.45, 7) is 8.12. The fourth-order valence-electron chi connectivity index (χ4n) is 3.54. The van der Waals surface area contributed by atoms with Crippen LogP contribution in [-0.4, -0.2) is 43.3 Å². The molecule has 0 aliphatic heterocycles. The van der Waals surface area contributed by atoms with Gasteiger partial charge < -0.3 is 15.2 Å². The number of sulfonamides is 1. The number of hydrogen-bond donors (Lipinski definition) is 3. The quantitative estimate of drug-likeness (QED) is 0.613. The predicted octanol–water partition coefficient (Wildman–Crippen LogP) is 3.92. The van der Waals surface area contributed by atoms with Crippen LogP contribution in [0.5, 0.6) is 5.75 Å². The van der Waals surface area contributed by atoms with Gasteiger partial charge in [0.2, 0.25) is 10.0 Å². The van der Waals surface area contributed by atoms with Gasteiger partial charge >= 0.3 is 0 Å². The summed E-state index contributed by atoms with van der Waals surface area (Å²) in [5.74, 6) is 0.303. The Labute approximate surface area is 182 Å². The molecular formula is C21H31N3O4S2. The molecule has 1 aromatic heterocycles. The normalized spacial score (nSPS) is 20.2. The maximum absolute atomic E-state index is 13.1. The van der Waals surface area contributed by atoms with Crippen molar-refractivity contribution >= 4 is 26.5 Å². The maximum atomic E-state index is 13.1. The van der Waals surface area contributed by atoms with E-state index in [2.05, 4.69) is 35.8 Å². The molecule has 1 aliphatic rings. The van der Waals surface area contributed by atoms with E-state index in [1.54, 1.807) is 12.1 Å². The van der Waals surface area contributed by atoms with Crippen LogP contribution in [0.25, 0.3) is 10.4 Å². The molecule has 0 amide bonds. The molecule has 166 valence electrons. The van der Waals surface area contributed by atoms with Crippen LogP contribution >= 0.6 is 11.3 Å². The Bertz CT molecular complexity index is 988. The third kappa shape index (κ3) is 5.51. The maximum Gasteiger partial charge on any atom is 0.244 e. The highest BCUT2D eigenvalue weighted by Crippen LogP contribution is 2.37. The zero-order valence-electron chi connectivity index (χ0n) is 18.2. The van der Waals surface area contributed by atoms with Crippen LogP contribution < -0.4 is 14.8 Å². The predicted molar refractivity (Wildman–Crippen MR) is 121 cm³/mol. The van der Waals surface area contributed by atoms with E-state index in [4.69, 9.17) is 4.74 Å². The van der Waals surface area contributed by atoms with Crippen LogP contribution in [0.3, 0.4) is 0 Å². The van der Waals surface area contributed by atoms with E-state index in [1.807, 2.05) is 13.0 Å². The first-order valence-corrected chi connectivity index (χ1v) is 12.4. The lowest BCUT2D eigenvalue weighted by Crippen LogP contribution is -2.38. The Morgan fingerprint density at radius 2 is 1.87 bits per heavy atom. The van der Waals surface area contributed by atoms with Gasteiger partial charge in [-0.15, -0.1) is 0 Å². The number of aliphatic hydroxyl groups excluding tert-OH is 1. The summed E-state index contributed by atoms with van der Waals surface area (Å²) in [5.41, 5.74) is 1.51. The van der Waals surface area contributed by atoms with Crippen molar-refractivity contribution in [2.24, 2.45) is 0 Å². The van der Waals surface area contributed by atoms with Crippen LogP contribution in [0, 0.1) is 6.92 Å². The second kappa shape index (κ2) is 8.82. The highest BCUT2D eigenvalue weighted by molar-refractivity contribution is 7.89. The number of anilines is 1. The number of nitrogens with zero attached hydrogens (tertiary/aromatic N) is 1. The van der Waals surface area contributed by atoms with Crippen LogP contribution in [0.15, 0.2) is 23.1 Å². The molecule has 0 radical (unpaired) electrons. The number of aliphatic hydroxyl groups is 1. The molecule has 1 aromatic carbocycles. The van der Waals surface area contributed by atoms with Crippen molar-refractivity contribution in [3.8, 4) is 16.2 Å². The molecule has 1 saturated carbocycles. The number of methoxy groups -OCH3 is 1. The Kier molecular flexibility index (Phi) is 6.76. The Morgan fingerprint density at radius 1 is 1.20 bits per heavy atom. The molecule has 7 nitrogen and oxygen atoms in total. The average molecular weight is 454 g/mol.